The van der Waals surface area contributed by atoms with Crippen molar-refractivity contribution < 1.29 is 0 Å². The molecular weight excluding hydrogens is 240 g/mol. The van der Waals surface area contributed by atoms with Crippen molar-refractivity contribution in [2.45, 2.75) is 69.2 Å². The Kier molecular flexibility index (Phi) is 2.56. The third-order valence-corrected chi connectivity index (χ3v) is 6.25. The molecule has 18 heavy (non-hydrogen) atoms. The fourth-order valence-corrected chi connectivity index (χ4v) is 4.35. The minimum atomic E-state index is 0.455. The van der Waals surface area contributed by atoms with E-state index in [0.29, 0.717) is 11.3 Å². The Labute approximate surface area is 113 Å². The minimum absolute atomic E-state index is 0.455. The Bertz CT molecular complexity index is 457. The van der Waals surface area contributed by atoms with Crippen LogP contribution >= 0.6 is 11.3 Å². The van der Waals surface area contributed by atoms with Gasteiger partial charge in [-0.05, 0) is 44.9 Å². The molecule has 4 rings (SSSR count). The Hall–Kier alpha value is -0.410. The van der Waals surface area contributed by atoms with Crippen molar-refractivity contribution >= 4 is 11.3 Å². The lowest BCUT2D eigenvalue weighted by Crippen LogP contribution is -2.26. The van der Waals surface area contributed by atoms with E-state index in [0.717, 1.165) is 12.6 Å². The molecule has 2 saturated carbocycles. The summed E-state index contributed by atoms with van der Waals surface area (Å²) in [6.07, 6.45) is 9.46. The third-order valence-electron chi connectivity index (χ3n) is 4.82. The minimum Gasteiger partial charge on any atom is -0.313 e. The standard InChI is InChI=1S/C15H22N2S/c1-15(7-8-15)14-17-13-10(9-16-11-5-6-11)3-2-4-12(13)18-14/h10-11,16H,2-9H2,1H3. The number of fused-ring (bicyclic) bond motifs is 1. The molecule has 1 aromatic rings. The summed E-state index contributed by atoms with van der Waals surface area (Å²) >= 11 is 2.02. The lowest BCUT2D eigenvalue weighted by molar-refractivity contribution is 0.498. The average molecular weight is 262 g/mol. The van der Waals surface area contributed by atoms with Crippen LogP contribution in [0.4, 0.5) is 0 Å². The summed E-state index contributed by atoms with van der Waals surface area (Å²) in [6.45, 7) is 3.55. The van der Waals surface area contributed by atoms with Gasteiger partial charge in [0.2, 0.25) is 0 Å². The van der Waals surface area contributed by atoms with E-state index in [9.17, 15) is 0 Å². The third kappa shape index (κ3) is 2.01. The molecule has 2 nitrogen and oxygen atoms in total. The maximum absolute atomic E-state index is 5.04. The van der Waals surface area contributed by atoms with Gasteiger partial charge in [0.05, 0.1) is 10.7 Å². The normalized spacial score (nSPS) is 29.1. The number of hydrogen-bond acceptors (Lipinski definition) is 3. The zero-order valence-electron chi connectivity index (χ0n) is 11.2. The van der Waals surface area contributed by atoms with Crippen LogP contribution in [0.5, 0.6) is 0 Å². The summed E-state index contributed by atoms with van der Waals surface area (Å²) in [7, 11) is 0. The molecule has 1 N–H and O–H groups in total. The first-order valence-corrected chi connectivity index (χ1v) is 8.30. The van der Waals surface area contributed by atoms with Gasteiger partial charge in [-0.2, -0.15) is 0 Å². The van der Waals surface area contributed by atoms with E-state index in [4.69, 9.17) is 4.98 Å². The highest BCUT2D eigenvalue weighted by atomic mass is 32.1. The van der Waals surface area contributed by atoms with E-state index < -0.39 is 0 Å². The zero-order chi connectivity index (χ0) is 12.2. The molecule has 1 aromatic heterocycles. The molecule has 0 bridgehead atoms. The average Bonchev–Trinajstić information content (AvgIpc) is 3.28. The number of hydrogen-bond donors (Lipinski definition) is 1. The Morgan fingerprint density at radius 2 is 2.17 bits per heavy atom. The molecule has 0 amide bonds. The van der Waals surface area contributed by atoms with Crippen LogP contribution in [0, 0.1) is 0 Å². The number of nitrogens with zero attached hydrogens (tertiary/aromatic N) is 1. The van der Waals surface area contributed by atoms with E-state index in [2.05, 4.69) is 12.2 Å². The molecule has 1 atom stereocenters. The molecule has 0 aromatic carbocycles. The Balaban J connectivity index is 1.55. The van der Waals surface area contributed by atoms with Crippen molar-refractivity contribution in [3.05, 3.63) is 15.6 Å². The van der Waals surface area contributed by atoms with Gasteiger partial charge in [0, 0.05) is 28.8 Å². The largest absolute Gasteiger partial charge is 0.313 e. The van der Waals surface area contributed by atoms with Gasteiger partial charge in [0.1, 0.15) is 0 Å². The van der Waals surface area contributed by atoms with Crippen LogP contribution in [0.3, 0.4) is 0 Å². The summed E-state index contributed by atoms with van der Waals surface area (Å²) in [5, 5.41) is 5.13. The molecule has 1 unspecified atom stereocenters. The van der Waals surface area contributed by atoms with Gasteiger partial charge in [0.25, 0.3) is 0 Å². The Morgan fingerprint density at radius 3 is 2.89 bits per heavy atom. The predicted octanol–water partition coefficient (Wildman–Crippen LogP) is 3.37. The SMILES string of the molecule is CC1(c2nc3c(s2)CCCC3CNC2CC2)CC1. The van der Waals surface area contributed by atoms with E-state index in [1.54, 1.807) is 4.88 Å². The quantitative estimate of drug-likeness (QED) is 0.900. The first-order valence-electron chi connectivity index (χ1n) is 7.48. The maximum atomic E-state index is 5.04. The highest BCUT2D eigenvalue weighted by Gasteiger charge is 2.43. The van der Waals surface area contributed by atoms with Crippen molar-refractivity contribution in [1.82, 2.24) is 10.3 Å². The van der Waals surface area contributed by atoms with Crippen LogP contribution in [0.15, 0.2) is 0 Å². The van der Waals surface area contributed by atoms with Crippen molar-refractivity contribution in [2.24, 2.45) is 0 Å². The van der Waals surface area contributed by atoms with Gasteiger partial charge in [-0.15, -0.1) is 11.3 Å². The number of thiazole rings is 1. The second-order valence-corrected chi connectivity index (χ2v) is 7.74. The molecular formula is C15H22N2S. The maximum Gasteiger partial charge on any atom is 0.0990 e. The number of nitrogens with one attached hydrogen (secondary N) is 1. The number of rotatable bonds is 4. The first-order chi connectivity index (χ1) is 8.74. The van der Waals surface area contributed by atoms with Crippen molar-refractivity contribution in [3.8, 4) is 0 Å². The topological polar surface area (TPSA) is 24.9 Å². The molecule has 98 valence electrons. The highest BCUT2D eigenvalue weighted by molar-refractivity contribution is 7.12. The van der Waals surface area contributed by atoms with Gasteiger partial charge in [-0.25, -0.2) is 4.98 Å². The van der Waals surface area contributed by atoms with E-state index in [-0.39, 0.29) is 0 Å². The lowest BCUT2D eigenvalue weighted by atomic mass is 9.91. The first kappa shape index (κ1) is 11.4. The summed E-state index contributed by atoms with van der Waals surface area (Å²) in [5.74, 6) is 0.696. The van der Waals surface area contributed by atoms with Gasteiger partial charge in [-0.3, -0.25) is 0 Å². The van der Waals surface area contributed by atoms with Crippen LogP contribution in [0.1, 0.15) is 66.9 Å². The number of aryl methyl sites for hydroxylation is 1. The van der Waals surface area contributed by atoms with Gasteiger partial charge >= 0.3 is 0 Å². The molecule has 3 heteroatoms. The molecule has 0 spiro atoms. The van der Waals surface area contributed by atoms with Crippen molar-refractivity contribution in [2.75, 3.05) is 6.54 Å². The zero-order valence-corrected chi connectivity index (χ0v) is 12.0. The van der Waals surface area contributed by atoms with Crippen LogP contribution in [0.2, 0.25) is 0 Å². The van der Waals surface area contributed by atoms with Gasteiger partial charge in [-0.1, -0.05) is 6.92 Å². The molecule has 3 aliphatic rings. The van der Waals surface area contributed by atoms with Gasteiger partial charge < -0.3 is 5.32 Å². The van der Waals surface area contributed by atoms with Crippen molar-refractivity contribution in [3.63, 3.8) is 0 Å². The molecule has 3 aliphatic carbocycles. The number of aromatic nitrogens is 1. The Morgan fingerprint density at radius 1 is 1.33 bits per heavy atom. The summed E-state index contributed by atoms with van der Waals surface area (Å²) in [5.41, 5.74) is 1.92. The van der Waals surface area contributed by atoms with Crippen LogP contribution in [-0.4, -0.2) is 17.6 Å². The van der Waals surface area contributed by atoms with Crippen LogP contribution < -0.4 is 5.32 Å². The smallest absolute Gasteiger partial charge is 0.0990 e. The summed E-state index contributed by atoms with van der Waals surface area (Å²) in [6, 6.07) is 0.828. The second kappa shape index (κ2) is 4.04. The monoisotopic (exact) mass is 262 g/mol. The molecule has 0 saturated heterocycles. The highest BCUT2D eigenvalue weighted by Crippen LogP contribution is 2.50. The predicted molar refractivity (Wildman–Crippen MR) is 75.4 cm³/mol. The molecule has 1 heterocycles. The molecule has 0 radical (unpaired) electrons. The van der Waals surface area contributed by atoms with Crippen LogP contribution in [0.25, 0.3) is 0 Å². The van der Waals surface area contributed by atoms with Gasteiger partial charge in [0.15, 0.2) is 0 Å². The fourth-order valence-electron chi connectivity index (χ4n) is 2.96. The van der Waals surface area contributed by atoms with E-state index in [1.807, 2.05) is 11.3 Å². The van der Waals surface area contributed by atoms with E-state index in [1.165, 1.54) is 55.6 Å². The van der Waals surface area contributed by atoms with Crippen molar-refractivity contribution in [1.29, 1.82) is 0 Å². The summed E-state index contributed by atoms with van der Waals surface area (Å²) < 4.78 is 0. The molecule has 0 aliphatic heterocycles. The lowest BCUT2D eigenvalue weighted by Gasteiger charge is -2.21. The molecule has 2 fully saturated rings. The van der Waals surface area contributed by atoms with Crippen LogP contribution in [-0.2, 0) is 11.8 Å². The summed E-state index contributed by atoms with van der Waals surface area (Å²) in [4.78, 5) is 6.65. The second-order valence-electron chi connectivity index (χ2n) is 6.66. The van der Waals surface area contributed by atoms with E-state index >= 15 is 0 Å². The fraction of sp³-hybridized carbons (Fsp3) is 0.800.